The Bertz CT molecular complexity index is 409. The maximum atomic E-state index is 10.8. The molecule has 6 heteroatoms. The van der Waals surface area contributed by atoms with Gasteiger partial charge in [-0.05, 0) is 18.2 Å². The van der Waals surface area contributed by atoms with Crippen LogP contribution in [0.1, 0.15) is 10.4 Å². The normalized spacial score (nSPS) is 12.1. The first-order valence-electron chi connectivity index (χ1n) is 5.47. The van der Waals surface area contributed by atoms with Crippen molar-refractivity contribution in [1.82, 2.24) is 0 Å². The summed E-state index contributed by atoms with van der Waals surface area (Å²) in [5.41, 5.74) is 6.72. The zero-order valence-electron chi connectivity index (χ0n) is 10.5. The van der Waals surface area contributed by atoms with Gasteiger partial charge in [0.05, 0.1) is 18.3 Å². The van der Waals surface area contributed by atoms with Gasteiger partial charge in [-0.25, -0.2) is 4.79 Å². The van der Waals surface area contributed by atoms with Crippen LogP contribution in [0.5, 0.6) is 0 Å². The van der Waals surface area contributed by atoms with Crippen molar-refractivity contribution in [3.8, 4) is 0 Å². The summed E-state index contributed by atoms with van der Waals surface area (Å²) in [6.45, 7) is 1.03. The van der Waals surface area contributed by atoms with Crippen LogP contribution in [0.4, 0.5) is 11.4 Å². The van der Waals surface area contributed by atoms with E-state index >= 15 is 0 Å². The zero-order valence-corrected chi connectivity index (χ0v) is 10.5. The molecule has 0 saturated carbocycles. The Hall–Kier alpha value is -1.79. The molecule has 1 atom stereocenters. The lowest BCUT2D eigenvalue weighted by Gasteiger charge is -2.16. The second-order valence-electron chi connectivity index (χ2n) is 3.80. The Morgan fingerprint density at radius 3 is 2.72 bits per heavy atom. The van der Waals surface area contributed by atoms with Gasteiger partial charge in [0.1, 0.15) is 0 Å². The lowest BCUT2D eigenvalue weighted by molar-refractivity contribution is 0.0365. The fourth-order valence-corrected chi connectivity index (χ4v) is 1.50. The van der Waals surface area contributed by atoms with E-state index in [1.54, 1.807) is 26.4 Å². The molecule has 0 aromatic heterocycles. The maximum absolute atomic E-state index is 10.8. The minimum Gasteiger partial charge on any atom is -0.478 e. The first kappa shape index (κ1) is 14.3. The van der Waals surface area contributed by atoms with Crippen molar-refractivity contribution in [3.05, 3.63) is 23.8 Å². The number of aromatic carboxylic acids is 1. The molecule has 0 aliphatic heterocycles. The number of nitrogens with two attached hydrogens (primary N) is 1. The molecule has 0 aliphatic carbocycles. The first-order chi connectivity index (χ1) is 8.58. The molecule has 6 nitrogen and oxygen atoms in total. The highest BCUT2D eigenvalue weighted by atomic mass is 16.5. The first-order valence-corrected chi connectivity index (χ1v) is 5.47. The average molecular weight is 254 g/mol. The number of hydrogen-bond donors (Lipinski definition) is 3. The van der Waals surface area contributed by atoms with Gasteiger partial charge >= 0.3 is 5.97 Å². The third kappa shape index (κ3) is 3.90. The third-order valence-electron chi connectivity index (χ3n) is 2.50. The molecule has 0 amide bonds. The molecule has 1 aromatic rings. The molecule has 1 rings (SSSR count). The number of nitrogens with one attached hydrogen (secondary N) is 1. The number of rotatable bonds is 7. The number of carbonyl (C=O) groups is 1. The van der Waals surface area contributed by atoms with Crippen molar-refractivity contribution in [2.24, 2.45) is 0 Å². The number of anilines is 2. The van der Waals surface area contributed by atoms with Crippen molar-refractivity contribution < 1.29 is 19.4 Å². The lowest BCUT2D eigenvalue weighted by atomic mass is 10.1. The molecule has 0 bridgehead atoms. The van der Waals surface area contributed by atoms with Gasteiger partial charge < -0.3 is 25.6 Å². The fourth-order valence-electron chi connectivity index (χ4n) is 1.50. The average Bonchev–Trinajstić information content (AvgIpc) is 2.34. The van der Waals surface area contributed by atoms with Crippen molar-refractivity contribution in [2.75, 3.05) is 38.4 Å². The highest BCUT2D eigenvalue weighted by Gasteiger charge is 2.09. The molecule has 1 unspecified atom stereocenters. The summed E-state index contributed by atoms with van der Waals surface area (Å²) in [5, 5.41) is 12.0. The summed E-state index contributed by atoms with van der Waals surface area (Å²) in [5.74, 6) is -1.03. The molecule has 0 fully saturated rings. The van der Waals surface area contributed by atoms with Gasteiger partial charge in [-0.1, -0.05) is 0 Å². The van der Waals surface area contributed by atoms with Gasteiger partial charge in [0.15, 0.2) is 0 Å². The van der Waals surface area contributed by atoms with Crippen LogP contribution in [0.3, 0.4) is 0 Å². The largest absolute Gasteiger partial charge is 0.478 e. The van der Waals surface area contributed by atoms with E-state index in [-0.39, 0.29) is 17.4 Å². The predicted molar refractivity (Wildman–Crippen MR) is 69.0 cm³/mol. The van der Waals surface area contributed by atoms with E-state index in [1.165, 1.54) is 6.07 Å². The van der Waals surface area contributed by atoms with E-state index in [4.69, 9.17) is 20.3 Å². The molecule has 0 radical (unpaired) electrons. The second kappa shape index (κ2) is 6.83. The highest BCUT2D eigenvalue weighted by molar-refractivity contribution is 5.94. The molecular weight excluding hydrogens is 236 g/mol. The van der Waals surface area contributed by atoms with Crippen molar-refractivity contribution >= 4 is 17.3 Å². The number of carboxylic acids is 1. The van der Waals surface area contributed by atoms with Crippen molar-refractivity contribution in [2.45, 2.75) is 6.10 Å². The number of carboxylic acid groups (broad SMARTS) is 1. The van der Waals surface area contributed by atoms with Crippen molar-refractivity contribution in [1.29, 1.82) is 0 Å². The molecule has 1 aromatic carbocycles. The topological polar surface area (TPSA) is 93.8 Å². The van der Waals surface area contributed by atoms with Crippen LogP contribution in [-0.2, 0) is 9.47 Å². The fraction of sp³-hybridized carbons (Fsp3) is 0.417. The van der Waals surface area contributed by atoms with Crippen LogP contribution in [0.15, 0.2) is 18.2 Å². The number of methoxy groups -OCH3 is 2. The quantitative estimate of drug-likeness (QED) is 0.629. The standard InChI is InChI=1S/C12H18N2O4/c1-17-7-9(18-2)6-14-8-3-4-10(12(15)16)11(13)5-8/h3-5,9,14H,6-7,13H2,1-2H3,(H,15,16). The second-order valence-corrected chi connectivity index (χ2v) is 3.80. The number of benzene rings is 1. The van der Waals surface area contributed by atoms with E-state index in [0.717, 1.165) is 5.69 Å². The van der Waals surface area contributed by atoms with Crippen LogP contribution >= 0.6 is 0 Å². The molecule has 0 aliphatic rings. The molecule has 18 heavy (non-hydrogen) atoms. The van der Waals surface area contributed by atoms with Gasteiger partial charge in [0.25, 0.3) is 0 Å². The Morgan fingerprint density at radius 1 is 1.50 bits per heavy atom. The molecule has 0 spiro atoms. The van der Waals surface area contributed by atoms with E-state index < -0.39 is 5.97 Å². The smallest absolute Gasteiger partial charge is 0.337 e. The number of nitrogen functional groups attached to an aromatic ring is 1. The summed E-state index contributed by atoms with van der Waals surface area (Å²) >= 11 is 0. The van der Waals surface area contributed by atoms with E-state index in [1.807, 2.05) is 0 Å². The Morgan fingerprint density at radius 2 is 2.22 bits per heavy atom. The highest BCUT2D eigenvalue weighted by Crippen LogP contribution is 2.18. The summed E-state index contributed by atoms with van der Waals surface area (Å²) in [6, 6.07) is 4.72. The molecular formula is C12H18N2O4. The van der Waals surface area contributed by atoms with Crippen LogP contribution in [-0.4, -0.2) is 44.6 Å². The molecule has 100 valence electrons. The van der Waals surface area contributed by atoms with Crippen molar-refractivity contribution in [3.63, 3.8) is 0 Å². The summed E-state index contributed by atoms with van der Waals surface area (Å²) in [4.78, 5) is 10.8. The predicted octanol–water partition coefficient (Wildman–Crippen LogP) is 1.04. The van der Waals surface area contributed by atoms with E-state index in [0.29, 0.717) is 13.2 Å². The van der Waals surface area contributed by atoms with Gasteiger partial charge in [0, 0.05) is 32.1 Å². The van der Waals surface area contributed by atoms with Gasteiger partial charge in [-0.15, -0.1) is 0 Å². The molecule has 0 heterocycles. The monoisotopic (exact) mass is 254 g/mol. The minimum atomic E-state index is -1.03. The van der Waals surface area contributed by atoms with Crippen LogP contribution in [0.25, 0.3) is 0 Å². The summed E-state index contributed by atoms with van der Waals surface area (Å²) < 4.78 is 10.2. The lowest BCUT2D eigenvalue weighted by Crippen LogP contribution is -2.26. The summed E-state index contributed by atoms with van der Waals surface area (Å²) in [6.07, 6.45) is -0.0737. The Kier molecular flexibility index (Phi) is 5.41. The van der Waals surface area contributed by atoms with E-state index in [2.05, 4.69) is 5.32 Å². The van der Waals surface area contributed by atoms with Gasteiger partial charge in [-0.3, -0.25) is 0 Å². The Labute approximate surface area is 106 Å². The maximum Gasteiger partial charge on any atom is 0.337 e. The third-order valence-corrected chi connectivity index (χ3v) is 2.50. The van der Waals surface area contributed by atoms with Crippen LogP contribution in [0.2, 0.25) is 0 Å². The molecule has 0 saturated heterocycles. The number of hydrogen-bond acceptors (Lipinski definition) is 5. The van der Waals surface area contributed by atoms with Crippen LogP contribution < -0.4 is 11.1 Å². The van der Waals surface area contributed by atoms with Gasteiger partial charge in [-0.2, -0.15) is 0 Å². The number of ether oxygens (including phenoxy) is 2. The van der Waals surface area contributed by atoms with Crippen LogP contribution in [0, 0.1) is 0 Å². The Balaban J connectivity index is 2.63. The SMILES string of the molecule is COCC(CNc1ccc(C(=O)O)c(N)c1)OC. The van der Waals surface area contributed by atoms with Gasteiger partial charge in [0.2, 0.25) is 0 Å². The van der Waals surface area contributed by atoms with E-state index in [9.17, 15) is 4.79 Å². The summed E-state index contributed by atoms with van der Waals surface area (Å²) in [7, 11) is 3.21. The minimum absolute atomic E-state index is 0.0737. The zero-order chi connectivity index (χ0) is 13.5. The molecule has 4 N–H and O–H groups in total.